The summed E-state index contributed by atoms with van der Waals surface area (Å²) in [6, 6.07) is 16.3. The molecule has 0 aliphatic heterocycles. The standard InChI is InChI=1S/C31H29ClFN4O10PS/c1-49(42,43)12-11-37(31(38)45-19-46-48(39,40)41)16-24-7-10-28(47-24)21-5-8-27-25(14-21)30(35-18-34-27)36-23-6-9-29(26(32)15-23)44-17-20-3-2-4-22(33)13-20/h2-10,13-15,18H,11-12,16-17,19H2,1H3,(H,34,35,36)(H2,39,40,41)/i11D2,16D2,17D2. The van der Waals surface area contributed by atoms with Crippen LogP contribution in [0.3, 0.4) is 0 Å². The Morgan fingerprint density at radius 3 is 2.67 bits per heavy atom. The predicted molar refractivity (Wildman–Crippen MR) is 177 cm³/mol. The molecule has 5 aromatic rings. The van der Waals surface area contributed by atoms with Gasteiger partial charge in [0.25, 0.3) is 0 Å². The zero-order chi connectivity index (χ0) is 40.6. The molecule has 18 heteroatoms. The molecule has 3 N–H and O–H groups in total. The number of rotatable bonds is 14. The summed E-state index contributed by atoms with van der Waals surface area (Å²) in [5, 5.41) is 3.51. The summed E-state index contributed by atoms with van der Waals surface area (Å²) < 4.78 is 119. The lowest BCUT2D eigenvalue weighted by Crippen LogP contribution is -2.35. The Hall–Kier alpha value is -4.57. The molecule has 14 nitrogen and oxygen atoms in total. The van der Waals surface area contributed by atoms with Gasteiger partial charge in [-0.3, -0.25) is 4.90 Å². The van der Waals surface area contributed by atoms with Gasteiger partial charge < -0.3 is 29.0 Å². The predicted octanol–water partition coefficient (Wildman–Crippen LogP) is 6.05. The van der Waals surface area contributed by atoms with E-state index in [1.54, 1.807) is 18.2 Å². The number of halogens is 2. The van der Waals surface area contributed by atoms with Gasteiger partial charge >= 0.3 is 13.9 Å². The van der Waals surface area contributed by atoms with Crippen molar-refractivity contribution in [2.45, 2.75) is 13.1 Å². The smallest absolute Gasteiger partial charge is 0.472 e. The maximum Gasteiger partial charge on any atom is 0.472 e. The van der Waals surface area contributed by atoms with E-state index in [1.807, 2.05) is 0 Å². The maximum atomic E-state index is 13.7. The van der Waals surface area contributed by atoms with E-state index < -0.39 is 67.4 Å². The van der Waals surface area contributed by atoms with Crippen LogP contribution in [0.25, 0.3) is 22.2 Å². The molecule has 1 amide bonds. The molecule has 5 rings (SSSR count). The Morgan fingerprint density at radius 2 is 1.94 bits per heavy atom. The van der Waals surface area contributed by atoms with Crippen molar-refractivity contribution in [1.82, 2.24) is 14.9 Å². The number of carbonyl (C=O) groups is 1. The second-order valence-corrected chi connectivity index (χ2v) is 13.7. The maximum absolute atomic E-state index is 13.7. The van der Waals surface area contributed by atoms with Crippen LogP contribution in [0, 0.1) is 5.82 Å². The van der Waals surface area contributed by atoms with Gasteiger partial charge in [0.1, 0.15) is 51.6 Å². The van der Waals surface area contributed by atoms with Crippen LogP contribution in [0.5, 0.6) is 5.75 Å². The number of fused-ring (bicyclic) bond motifs is 1. The zero-order valence-electron chi connectivity index (χ0n) is 31.0. The van der Waals surface area contributed by atoms with Crippen molar-refractivity contribution >= 4 is 57.8 Å². The number of sulfone groups is 1. The number of furan rings is 1. The highest BCUT2D eigenvalue weighted by Gasteiger charge is 2.22. The Kier molecular flexibility index (Phi) is 8.85. The molecule has 0 atom stereocenters. The van der Waals surface area contributed by atoms with E-state index in [0.717, 1.165) is 12.1 Å². The van der Waals surface area contributed by atoms with Crippen LogP contribution < -0.4 is 10.1 Å². The molecule has 0 saturated heterocycles. The molecule has 0 bridgehead atoms. The van der Waals surface area contributed by atoms with Crippen molar-refractivity contribution in [3.8, 4) is 17.1 Å². The lowest BCUT2D eigenvalue weighted by molar-refractivity contribution is 0.0191. The minimum absolute atomic E-state index is 0.00508. The molecule has 0 aliphatic carbocycles. The van der Waals surface area contributed by atoms with Gasteiger partial charge in [-0.25, -0.2) is 36.7 Å². The van der Waals surface area contributed by atoms with Crippen LogP contribution in [0.1, 0.15) is 19.5 Å². The molecule has 0 saturated carbocycles. The highest BCUT2D eigenvalue weighted by molar-refractivity contribution is 7.90. The van der Waals surface area contributed by atoms with Crippen LogP contribution in [-0.2, 0) is 36.7 Å². The van der Waals surface area contributed by atoms with Gasteiger partial charge in [-0.1, -0.05) is 23.7 Å². The first-order chi connectivity index (χ1) is 25.4. The van der Waals surface area contributed by atoms with Crippen LogP contribution in [-0.4, -0.2) is 64.5 Å². The number of anilines is 2. The summed E-state index contributed by atoms with van der Waals surface area (Å²) in [7, 11) is -9.35. The second-order valence-electron chi connectivity index (χ2n) is 9.93. The number of phosphoric ester groups is 1. The summed E-state index contributed by atoms with van der Waals surface area (Å²) in [6.45, 7) is -10.4. The number of aromatic nitrogens is 2. The summed E-state index contributed by atoms with van der Waals surface area (Å²) in [5.74, 6) is -2.50. The number of hydrogen-bond donors (Lipinski definition) is 3. The third-order valence-corrected chi connectivity index (χ3v) is 7.51. The minimum Gasteiger partial charge on any atom is -0.487 e. The first kappa shape index (κ1) is 28.3. The lowest BCUT2D eigenvalue weighted by Gasteiger charge is -2.20. The van der Waals surface area contributed by atoms with Crippen molar-refractivity contribution < 1.29 is 58.6 Å². The molecule has 258 valence electrons. The molecule has 0 radical (unpaired) electrons. The number of amides is 1. The number of hydrogen-bond acceptors (Lipinski definition) is 11. The van der Waals surface area contributed by atoms with Crippen molar-refractivity contribution in [3.05, 3.63) is 101 Å². The van der Waals surface area contributed by atoms with E-state index in [9.17, 15) is 22.2 Å². The zero-order valence-corrected chi connectivity index (χ0v) is 27.5. The number of nitrogens with one attached hydrogen (secondary N) is 1. The molecule has 3 aromatic carbocycles. The summed E-state index contributed by atoms with van der Waals surface area (Å²) in [6.07, 6.45) is 0.0578. The third-order valence-electron chi connectivity index (χ3n) is 6.12. The van der Waals surface area contributed by atoms with Crippen molar-refractivity contribution in [2.75, 3.05) is 30.6 Å². The summed E-state index contributed by atoms with van der Waals surface area (Å²) in [4.78, 5) is 39.0. The van der Waals surface area contributed by atoms with Crippen molar-refractivity contribution in [1.29, 1.82) is 0 Å². The quantitative estimate of drug-likeness (QED) is 0.0881. The third kappa shape index (κ3) is 10.5. The Balaban J connectivity index is 1.42. The highest BCUT2D eigenvalue weighted by atomic mass is 35.5. The van der Waals surface area contributed by atoms with Gasteiger partial charge in [0.05, 0.1) is 31.0 Å². The van der Waals surface area contributed by atoms with Gasteiger partial charge in [0, 0.05) is 29.4 Å². The lowest BCUT2D eigenvalue weighted by atomic mass is 10.1. The topological polar surface area (TPSA) is 191 Å². The van der Waals surface area contributed by atoms with Crippen molar-refractivity contribution in [3.63, 3.8) is 0 Å². The largest absolute Gasteiger partial charge is 0.487 e. The fourth-order valence-corrected chi connectivity index (χ4v) is 4.75. The normalized spacial score (nSPS) is 14.5. The number of phosphoric acid groups is 1. The van der Waals surface area contributed by atoms with Crippen LogP contribution in [0.4, 0.5) is 20.7 Å². The Labute approximate surface area is 293 Å². The van der Waals surface area contributed by atoms with E-state index in [1.165, 1.54) is 48.8 Å². The number of ether oxygens (including phenoxy) is 2. The summed E-state index contributed by atoms with van der Waals surface area (Å²) in [5.41, 5.74) is 1.09. The molecular weight excluding hydrogens is 706 g/mol. The average molecular weight is 741 g/mol. The SMILES string of the molecule is [2H]C([2H])(Oc1ccc(Nc2ncnc3ccc(-c4ccc(C([2H])([2H])N(C(=O)OCOP(=O)(O)O)C([2H])([2H])CS(C)(=O)=O)o4)cc23)cc1Cl)c1cccc(F)c1. The second kappa shape index (κ2) is 15.3. The first-order valence-corrected chi connectivity index (χ1v) is 17.6. The van der Waals surface area contributed by atoms with Crippen molar-refractivity contribution in [2.24, 2.45) is 0 Å². The van der Waals surface area contributed by atoms with Gasteiger partial charge in [-0.05, 0) is 66.2 Å². The van der Waals surface area contributed by atoms with Gasteiger partial charge in [0.2, 0.25) is 6.79 Å². The fraction of sp³-hybridized carbons (Fsp3) is 0.194. The van der Waals surface area contributed by atoms with Gasteiger partial charge in [-0.15, -0.1) is 0 Å². The molecule has 2 heterocycles. The number of nitrogens with zero attached hydrogens (tertiary/aromatic N) is 3. The van der Waals surface area contributed by atoms with E-state index >= 15 is 0 Å². The van der Waals surface area contributed by atoms with E-state index in [2.05, 4.69) is 24.5 Å². The minimum atomic E-state index is -5.16. The van der Waals surface area contributed by atoms with Crippen LogP contribution in [0.15, 0.2) is 83.5 Å². The molecule has 0 aliphatic rings. The van der Waals surface area contributed by atoms with E-state index in [4.69, 9.17) is 38.8 Å². The number of benzene rings is 3. The first-order valence-electron chi connectivity index (χ1n) is 16.7. The molecule has 0 fully saturated rings. The summed E-state index contributed by atoms with van der Waals surface area (Å²) >= 11 is 6.42. The number of carbonyl (C=O) groups excluding carboxylic acids is 1. The van der Waals surface area contributed by atoms with E-state index in [0.29, 0.717) is 28.4 Å². The fourth-order valence-electron chi connectivity index (χ4n) is 3.98. The Bertz CT molecular complexity index is 2410. The molecule has 0 unspecified atom stereocenters. The molecule has 0 spiro atoms. The Morgan fingerprint density at radius 1 is 1.12 bits per heavy atom. The molecule has 49 heavy (non-hydrogen) atoms. The molecule has 2 aromatic heterocycles. The molecular formula is C31H29ClFN4O10PS. The highest BCUT2D eigenvalue weighted by Crippen LogP contribution is 2.36. The monoisotopic (exact) mass is 740 g/mol. The van der Waals surface area contributed by atoms with Gasteiger partial charge in [0.15, 0.2) is 0 Å². The van der Waals surface area contributed by atoms with Crippen LogP contribution in [0.2, 0.25) is 5.02 Å². The van der Waals surface area contributed by atoms with Crippen LogP contribution >= 0.6 is 19.4 Å². The average Bonchev–Trinajstić information content (AvgIpc) is 3.56. The van der Waals surface area contributed by atoms with E-state index in [-0.39, 0.29) is 32.8 Å². The van der Waals surface area contributed by atoms with Gasteiger partial charge in [-0.2, -0.15) is 0 Å².